The van der Waals surface area contributed by atoms with Gasteiger partial charge in [-0.2, -0.15) is 0 Å². The van der Waals surface area contributed by atoms with Crippen LogP contribution in [0.3, 0.4) is 0 Å². The van der Waals surface area contributed by atoms with E-state index in [1.54, 1.807) is 24.5 Å². The van der Waals surface area contributed by atoms with E-state index in [1.165, 1.54) is 4.90 Å². The maximum absolute atomic E-state index is 11.9. The number of rotatable bonds is 5. The number of thioether (sulfide) groups is 1. The molecule has 4 heteroatoms. The summed E-state index contributed by atoms with van der Waals surface area (Å²) < 4.78 is 0. The van der Waals surface area contributed by atoms with Gasteiger partial charge in [-0.25, -0.2) is 0 Å². The third kappa shape index (κ3) is 4.38. The van der Waals surface area contributed by atoms with Crippen LogP contribution < -0.4 is 5.32 Å². The van der Waals surface area contributed by atoms with Gasteiger partial charge in [0.2, 0.25) is 0 Å². The highest BCUT2D eigenvalue weighted by Crippen LogP contribution is 2.22. The summed E-state index contributed by atoms with van der Waals surface area (Å²) in [4.78, 5) is 17.0. The molecule has 1 heterocycles. The quantitative estimate of drug-likeness (QED) is 0.855. The summed E-state index contributed by atoms with van der Waals surface area (Å²) in [5.74, 6) is -0.0759. The van der Waals surface area contributed by atoms with Crippen molar-refractivity contribution in [3.05, 3.63) is 59.9 Å². The van der Waals surface area contributed by atoms with Crippen LogP contribution in [-0.4, -0.2) is 16.1 Å². The summed E-state index contributed by atoms with van der Waals surface area (Å²) >= 11 is 1.83. The zero-order chi connectivity index (χ0) is 14.4. The summed E-state index contributed by atoms with van der Waals surface area (Å²) in [6.07, 6.45) is 3.24. The summed E-state index contributed by atoms with van der Waals surface area (Å²) in [5.41, 5.74) is 1.73. The Bertz CT molecular complexity index is 552. The van der Waals surface area contributed by atoms with E-state index in [0.29, 0.717) is 17.4 Å². The molecule has 0 aliphatic rings. The third-order valence-corrected chi connectivity index (χ3v) is 3.71. The number of carbonyl (C=O) groups is 1. The molecule has 0 aliphatic carbocycles. The lowest BCUT2D eigenvalue weighted by atomic mass is 10.2. The molecule has 0 fully saturated rings. The smallest absolute Gasteiger partial charge is 0.251 e. The average molecular weight is 286 g/mol. The monoisotopic (exact) mass is 286 g/mol. The highest BCUT2D eigenvalue weighted by molar-refractivity contribution is 7.99. The molecule has 0 saturated heterocycles. The topological polar surface area (TPSA) is 42.0 Å². The molecule has 0 aliphatic heterocycles. The molecule has 20 heavy (non-hydrogen) atoms. The van der Waals surface area contributed by atoms with Gasteiger partial charge >= 0.3 is 0 Å². The van der Waals surface area contributed by atoms with Crippen molar-refractivity contribution < 1.29 is 4.79 Å². The maximum atomic E-state index is 11.9. The Balaban J connectivity index is 1.89. The fourth-order valence-corrected chi connectivity index (χ4v) is 2.58. The van der Waals surface area contributed by atoms with E-state index in [4.69, 9.17) is 0 Å². The van der Waals surface area contributed by atoms with Crippen LogP contribution in [-0.2, 0) is 6.54 Å². The fraction of sp³-hybridized carbons (Fsp3) is 0.250. The Labute approximate surface area is 123 Å². The molecule has 0 atom stereocenters. The molecular weight excluding hydrogens is 268 g/mol. The van der Waals surface area contributed by atoms with Crippen molar-refractivity contribution >= 4 is 17.7 Å². The molecule has 0 radical (unpaired) electrons. The number of carbonyl (C=O) groups excluding carboxylic acids is 1. The Morgan fingerprint density at radius 1 is 1.15 bits per heavy atom. The normalized spacial score (nSPS) is 10.6. The first-order valence-corrected chi connectivity index (χ1v) is 7.47. The van der Waals surface area contributed by atoms with Crippen LogP contribution in [0.1, 0.15) is 29.8 Å². The number of nitrogens with zero attached hydrogens (tertiary/aromatic N) is 1. The van der Waals surface area contributed by atoms with Crippen molar-refractivity contribution in [3.63, 3.8) is 0 Å². The van der Waals surface area contributed by atoms with Gasteiger partial charge in [0.25, 0.3) is 5.91 Å². The summed E-state index contributed by atoms with van der Waals surface area (Å²) in [7, 11) is 0. The first-order valence-electron chi connectivity index (χ1n) is 6.59. The zero-order valence-corrected chi connectivity index (χ0v) is 12.5. The van der Waals surface area contributed by atoms with Gasteiger partial charge in [-0.1, -0.05) is 26.0 Å². The molecule has 0 unspecified atom stereocenters. The van der Waals surface area contributed by atoms with Gasteiger partial charge in [-0.3, -0.25) is 9.78 Å². The summed E-state index contributed by atoms with van der Waals surface area (Å²) in [6.45, 7) is 4.88. The number of aromatic nitrogens is 1. The second-order valence-corrected chi connectivity index (χ2v) is 6.38. The molecule has 1 N–H and O–H groups in total. The molecule has 3 nitrogen and oxygen atoms in total. The van der Waals surface area contributed by atoms with Crippen LogP contribution in [0.4, 0.5) is 0 Å². The highest BCUT2D eigenvalue weighted by Gasteiger charge is 2.04. The number of benzene rings is 1. The molecule has 0 saturated carbocycles. The molecule has 0 bridgehead atoms. The zero-order valence-electron chi connectivity index (χ0n) is 11.7. The fourth-order valence-electron chi connectivity index (χ4n) is 1.75. The van der Waals surface area contributed by atoms with E-state index in [0.717, 1.165) is 5.56 Å². The standard InChI is InChI=1S/C16H18N2OS/c1-12(2)20-15-5-3-13(4-6-15)11-18-16(19)14-7-9-17-10-8-14/h3-10,12H,11H2,1-2H3,(H,18,19). The maximum Gasteiger partial charge on any atom is 0.251 e. The minimum atomic E-state index is -0.0759. The molecule has 0 spiro atoms. The van der Waals surface area contributed by atoms with E-state index in [1.807, 2.05) is 11.8 Å². The Morgan fingerprint density at radius 3 is 2.40 bits per heavy atom. The van der Waals surface area contributed by atoms with E-state index in [-0.39, 0.29) is 5.91 Å². The Hall–Kier alpha value is -1.81. The van der Waals surface area contributed by atoms with Crippen LogP contribution in [0, 0.1) is 0 Å². The van der Waals surface area contributed by atoms with Gasteiger partial charge in [0.15, 0.2) is 0 Å². The van der Waals surface area contributed by atoms with E-state index in [2.05, 4.69) is 48.4 Å². The lowest BCUT2D eigenvalue weighted by Crippen LogP contribution is -2.22. The number of amides is 1. The van der Waals surface area contributed by atoms with Crippen molar-refractivity contribution in [2.75, 3.05) is 0 Å². The lowest BCUT2D eigenvalue weighted by Gasteiger charge is -2.07. The van der Waals surface area contributed by atoms with Crippen LogP contribution in [0.5, 0.6) is 0 Å². The summed E-state index contributed by atoms with van der Waals surface area (Å²) in [5, 5.41) is 3.48. The van der Waals surface area contributed by atoms with Gasteiger partial charge in [-0.15, -0.1) is 11.8 Å². The highest BCUT2D eigenvalue weighted by atomic mass is 32.2. The largest absolute Gasteiger partial charge is 0.348 e. The predicted octanol–water partition coefficient (Wildman–Crippen LogP) is 3.51. The van der Waals surface area contributed by atoms with Crippen LogP contribution >= 0.6 is 11.8 Å². The molecule has 1 aromatic heterocycles. The van der Waals surface area contributed by atoms with Crippen molar-refractivity contribution in [2.24, 2.45) is 0 Å². The number of pyridine rings is 1. The van der Waals surface area contributed by atoms with Gasteiger partial charge in [0, 0.05) is 34.6 Å². The number of hydrogen-bond acceptors (Lipinski definition) is 3. The second-order valence-electron chi connectivity index (χ2n) is 4.73. The minimum absolute atomic E-state index is 0.0759. The van der Waals surface area contributed by atoms with Crippen molar-refractivity contribution in [3.8, 4) is 0 Å². The van der Waals surface area contributed by atoms with Gasteiger partial charge in [0.1, 0.15) is 0 Å². The van der Waals surface area contributed by atoms with Gasteiger partial charge in [0.05, 0.1) is 0 Å². The van der Waals surface area contributed by atoms with E-state index in [9.17, 15) is 4.79 Å². The Morgan fingerprint density at radius 2 is 1.80 bits per heavy atom. The average Bonchev–Trinajstić information content (AvgIpc) is 2.46. The van der Waals surface area contributed by atoms with Crippen molar-refractivity contribution in [2.45, 2.75) is 30.5 Å². The first kappa shape index (κ1) is 14.6. The predicted molar refractivity (Wildman–Crippen MR) is 82.8 cm³/mol. The van der Waals surface area contributed by atoms with Crippen molar-refractivity contribution in [1.82, 2.24) is 10.3 Å². The van der Waals surface area contributed by atoms with E-state index >= 15 is 0 Å². The van der Waals surface area contributed by atoms with Gasteiger partial charge < -0.3 is 5.32 Å². The molecule has 2 aromatic rings. The summed E-state index contributed by atoms with van der Waals surface area (Å²) in [6, 6.07) is 11.7. The molecule has 104 valence electrons. The molecule has 2 rings (SSSR count). The van der Waals surface area contributed by atoms with Crippen molar-refractivity contribution in [1.29, 1.82) is 0 Å². The van der Waals surface area contributed by atoms with Crippen LogP contribution in [0.2, 0.25) is 0 Å². The van der Waals surface area contributed by atoms with Crippen LogP contribution in [0.15, 0.2) is 53.7 Å². The lowest BCUT2D eigenvalue weighted by molar-refractivity contribution is 0.0951. The van der Waals surface area contributed by atoms with E-state index < -0.39 is 0 Å². The minimum Gasteiger partial charge on any atom is -0.348 e. The number of nitrogens with one attached hydrogen (secondary N) is 1. The second kappa shape index (κ2) is 7.10. The number of hydrogen-bond donors (Lipinski definition) is 1. The van der Waals surface area contributed by atoms with Crippen LogP contribution in [0.25, 0.3) is 0 Å². The third-order valence-electron chi connectivity index (χ3n) is 2.69. The molecular formula is C16H18N2OS. The first-order chi connectivity index (χ1) is 9.65. The molecule has 1 amide bonds. The SMILES string of the molecule is CC(C)Sc1ccc(CNC(=O)c2ccncc2)cc1. The Kier molecular flexibility index (Phi) is 5.18. The molecule has 1 aromatic carbocycles. The van der Waals surface area contributed by atoms with Gasteiger partial charge in [-0.05, 0) is 29.8 Å².